The van der Waals surface area contributed by atoms with Crippen molar-refractivity contribution in [3.05, 3.63) is 96.1 Å². The van der Waals surface area contributed by atoms with Gasteiger partial charge in [-0.15, -0.1) is 0 Å². The van der Waals surface area contributed by atoms with Crippen LogP contribution in [0.25, 0.3) is 0 Å². The monoisotopic (exact) mass is 375 g/mol. The molecular formula is C23H21NO4. The quantitative estimate of drug-likeness (QED) is 0.624. The van der Waals surface area contributed by atoms with Gasteiger partial charge in [0.2, 0.25) is 0 Å². The van der Waals surface area contributed by atoms with E-state index in [0.717, 1.165) is 5.56 Å². The Morgan fingerprint density at radius 3 is 2.04 bits per heavy atom. The molecule has 0 saturated carbocycles. The predicted octanol–water partition coefficient (Wildman–Crippen LogP) is 4.34. The molecule has 0 aromatic heterocycles. The molecule has 1 atom stereocenters. The van der Waals surface area contributed by atoms with Gasteiger partial charge in [0.1, 0.15) is 11.5 Å². The van der Waals surface area contributed by atoms with E-state index >= 15 is 0 Å². The lowest BCUT2D eigenvalue weighted by atomic mass is 10.2. The van der Waals surface area contributed by atoms with Gasteiger partial charge in [-0.25, -0.2) is 4.79 Å². The highest BCUT2D eigenvalue weighted by Crippen LogP contribution is 2.21. The maximum absolute atomic E-state index is 12.3. The molecule has 5 heteroatoms. The van der Waals surface area contributed by atoms with Gasteiger partial charge in [-0.3, -0.25) is 4.79 Å². The minimum absolute atomic E-state index is 0.346. The largest absolute Gasteiger partial charge is 0.457 e. The topological polar surface area (TPSA) is 64.6 Å². The third kappa shape index (κ3) is 5.45. The molecule has 3 rings (SSSR count). The molecule has 0 heterocycles. The van der Waals surface area contributed by atoms with Gasteiger partial charge in [0, 0.05) is 6.54 Å². The van der Waals surface area contributed by atoms with Crippen LogP contribution in [-0.2, 0) is 16.1 Å². The molecule has 0 spiro atoms. The lowest BCUT2D eigenvalue weighted by molar-refractivity contribution is -0.129. The van der Waals surface area contributed by atoms with Crippen LogP contribution >= 0.6 is 0 Å². The zero-order valence-corrected chi connectivity index (χ0v) is 15.5. The molecular weight excluding hydrogens is 354 g/mol. The van der Waals surface area contributed by atoms with Gasteiger partial charge in [-0.2, -0.15) is 0 Å². The Kier molecular flexibility index (Phi) is 6.41. The molecule has 0 unspecified atom stereocenters. The van der Waals surface area contributed by atoms with E-state index < -0.39 is 12.1 Å². The van der Waals surface area contributed by atoms with Crippen LogP contribution in [0.15, 0.2) is 84.9 Å². The van der Waals surface area contributed by atoms with Crippen LogP contribution in [0.4, 0.5) is 0 Å². The third-order valence-corrected chi connectivity index (χ3v) is 4.03. The van der Waals surface area contributed by atoms with Crippen LogP contribution in [0.2, 0.25) is 0 Å². The standard InChI is InChI=1S/C23H21NO4/c1-17(22(25)24-16-18-8-4-2-5-9-18)27-23(26)19-12-14-21(15-13-19)28-20-10-6-3-7-11-20/h2-15,17H,16H2,1H3,(H,24,25)/t17-/m1/s1. The summed E-state index contributed by atoms with van der Waals surface area (Å²) in [6, 6.07) is 25.5. The van der Waals surface area contributed by atoms with E-state index in [1.165, 1.54) is 0 Å². The first kappa shape index (κ1) is 19.2. The Labute approximate surface area is 163 Å². The second-order valence-electron chi connectivity index (χ2n) is 6.19. The van der Waals surface area contributed by atoms with Gasteiger partial charge < -0.3 is 14.8 Å². The second-order valence-corrected chi connectivity index (χ2v) is 6.19. The first-order valence-corrected chi connectivity index (χ1v) is 8.97. The van der Waals surface area contributed by atoms with Crippen molar-refractivity contribution >= 4 is 11.9 Å². The average Bonchev–Trinajstić information content (AvgIpc) is 2.74. The van der Waals surface area contributed by atoms with E-state index in [1.54, 1.807) is 31.2 Å². The summed E-state index contributed by atoms with van der Waals surface area (Å²) >= 11 is 0. The molecule has 3 aromatic carbocycles. The summed E-state index contributed by atoms with van der Waals surface area (Å²) in [7, 11) is 0. The average molecular weight is 375 g/mol. The van der Waals surface area contributed by atoms with Crippen LogP contribution in [0.3, 0.4) is 0 Å². The van der Waals surface area contributed by atoms with Gasteiger partial charge in [0.05, 0.1) is 5.56 Å². The molecule has 1 amide bonds. The lowest BCUT2D eigenvalue weighted by Crippen LogP contribution is -2.35. The first-order valence-electron chi connectivity index (χ1n) is 8.97. The molecule has 0 radical (unpaired) electrons. The molecule has 142 valence electrons. The fourth-order valence-corrected chi connectivity index (χ4v) is 2.49. The smallest absolute Gasteiger partial charge is 0.338 e. The third-order valence-electron chi connectivity index (χ3n) is 4.03. The van der Waals surface area contributed by atoms with Crippen molar-refractivity contribution < 1.29 is 19.1 Å². The van der Waals surface area contributed by atoms with Crippen LogP contribution in [0.1, 0.15) is 22.8 Å². The minimum Gasteiger partial charge on any atom is -0.457 e. The maximum Gasteiger partial charge on any atom is 0.338 e. The summed E-state index contributed by atoms with van der Waals surface area (Å²) in [5.74, 6) is 0.410. The van der Waals surface area contributed by atoms with E-state index in [4.69, 9.17) is 9.47 Å². The maximum atomic E-state index is 12.3. The van der Waals surface area contributed by atoms with Crippen molar-refractivity contribution in [1.29, 1.82) is 0 Å². The molecule has 0 aliphatic carbocycles. The zero-order chi connectivity index (χ0) is 19.8. The number of esters is 1. The number of para-hydroxylation sites is 1. The molecule has 0 saturated heterocycles. The van der Waals surface area contributed by atoms with E-state index in [0.29, 0.717) is 23.6 Å². The highest BCUT2D eigenvalue weighted by Gasteiger charge is 2.18. The summed E-state index contributed by atoms with van der Waals surface area (Å²) in [5, 5.41) is 2.76. The Morgan fingerprint density at radius 1 is 0.821 bits per heavy atom. The summed E-state index contributed by atoms with van der Waals surface area (Å²) < 4.78 is 10.9. The number of rotatable bonds is 7. The van der Waals surface area contributed by atoms with E-state index in [1.807, 2.05) is 60.7 Å². The number of benzene rings is 3. The SMILES string of the molecule is C[C@@H](OC(=O)c1ccc(Oc2ccccc2)cc1)C(=O)NCc1ccccc1. The van der Waals surface area contributed by atoms with Crippen molar-refractivity contribution in [3.8, 4) is 11.5 Å². The number of ether oxygens (including phenoxy) is 2. The molecule has 28 heavy (non-hydrogen) atoms. The molecule has 3 aromatic rings. The molecule has 1 N–H and O–H groups in total. The molecule has 0 fully saturated rings. The van der Waals surface area contributed by atoms with Crippen molar-refractivity contribution in [2.45, 2.75) is 19.6 Å². The van der Waals surface area contributed by atoms with Crippen LogP contribution in [-0.4, -0.2) is 18.0 Å². The van der Waals surface area contributed by atoms with Crippen molar-refractivity contribution in [2.24, 2.45) is 0 Å². The molecule has 0 aliphatic heterocycles. The van der Waals surface area contributed by atoms with Crippen molar-refractivity contribution in [3.63, 3.8) is 0 Å². The van der Waals surface area contributed by atoms with Gasteiger partial charge in [0.25, 0.3) is 5.91 Å². The highest BCUT2D eigenvalue weighted by molar-refractivity contribution is 5.92. The lowest BCUT2D eigenvalue weighted by Gasteiger charge is -2.14. The summed E-state index contributed by atoms with van der Waals surface area (Å²) in [4.78, 5) is 24.4. The van der Waals surface area contributed by atoms with E-state index in [9.17, 15) is 9.59 Å². The Bertz CT molecular complexity index is 908. The Morgan fingerprint density at radius 2 is 1.39 bits per heavy atom. The number of carbonyl (C=O) groups is 2. The number of nitrogens with one attached hydrogen (secondary N) is 1. The van der Waals surface area contributed by atoms with Crippen molar-refractivity contribution in [1.82, 2.24) is 5.32 Å². The van der Waals surface area contributed by atoms with Gasteiger partial charge in [-0.1, -0.05) is 48.5 Å². The first-order chi connectivity index (χ1) is 13.6. The second kappa shape index (κ2) is 9.37. The highest BCUT2D eigenvalue weighted by atomic mass is 16.5. The minimum atomic E-state index is -0.892. The fourth-order valence-electron chi connectivity index (χ4n) is 2.49. The van der Waals surface area contributed by atoms with Gasteiger partial charge in [0.15, 0.2) is 6.10 Å². The van der Waals surface area contributed by atoms with E-state index in [2.05, 4.69) is 5.32 Å². The molecule has 5 nitrogen and oxygen atoms in total. The summed E-state index contributed by atoms with van der Waals surface area (Å²) in [6.45, 7) is 1.93. The molecule has 0 aliphatic rings. The fraction of sp³-hybridized carbons (Fsp3) is 0.130. The Hall–Kier alpha value is -3.60. The zero-order valence-electron chi connectivity index (χ0n) is 15.5. The van der Waals surface area contributed by atoms with E-state index in [-0.39, 0.29) is 5.91 Å². The van der Waals surface area contributed by atoms with Crippen LogP contribution in [0, 0.1) is 0 Å². The van der Waals surface area contributed by atoms with Gasteiger partial charge in [-0.05, 0) is 48.9 Å². The van der Waals surface area contributed by atoms with Crippen molar-refractivity contribution in [2.75, 3.05) is 0 Å². The number of hydrogen-bond acceptors (Lipinski definition) is 4. The van der Waals surface area contributed by atoms with Crippen LogP contribution in [0.5, 0.6) is 11.5 Å². The normalized spacial score (nSPS) is 11.3. The number of amides is 1. The summed E-state index contributed by atoms with van der Waals surface area (Å²) in [5.41, 5.74) is 1.33. The summed E-state index contributed by atoms with van der Waals surface area (Å²) in [6.07, 6.45) is -0.892. The van der Waals surface area contributed by atoms with Crippen LogP contribution < -0.4 is 10.1 Å². The number of carbonyl (C=O) groups excluding carboxylic acids is 2. The van der Waals surface area contributed by atoms with Gasteiger partial charge >= 0.3 is 5.97 Å². The Balaban J connectivity index is 1.51. The predicted molar refractivity (Wildman–Crippen MR) is 106 cm³/mol. The number of hydrogen-bond donors (Lipinski definition) is 1. The molecule has 0 bridgehead atoms.